The number of guanidine groups is 1. The number of ether oxygens (including phenoxy) is 1. The number of aliphatic imine (C=N–C) groups is 1. The highest BCUT2D eigenvalue weighted by molar-refractivity contribution is 5.79. The summed E-state index contributed by atoms with van der Waals surface area (Å²) in [4.78, 5) is 9.32. The summed E-state index contributed by atoms with van der Waals surface area (Å²) in [6, 6.07) is 9.12. The average molecular weight is 362 g/mol. The van der Waals surface area contributed by atoms with Gasteiger partial charge in [-0.05, 0) is 24.6 Å². The van der Waals surface area contributed by atoms with E-state index in [-0.39, 0.29) is 6.04 Å². The number of methoxy groups -OCH3 is 1. The van der Waals surface area contributed by atoms with Crippen LogP contribution in [0.4, 0.5) is 0 Å². The summed E-state index contributed by atoms with van der Waals surface area (Å²) in [7, 11) is 3.50. The van der Waals surface area contributed by atoms with Crippen LogP contribution in [0.25, 0.3) is 0 Å². The van der Waals surface area contributed by atoms with Crippen LogP contribution in [0, 0.1) is 0 Å². The normalized spacial score (nSPS) is 17.9. The first kappa shape index (κ1) is 20.7. The second-order valence-electron chi connectivity index (χ2n) is 6.95. The fourth-order valence-corrected chi connectivity index (χ4v) is 3.19. The minimum atomic E-state index is 0.224. The predicted octanol–water partition coefficient (Wildman–Crippen LogP) is 1.52. The first-order chi connectivity index (χ1) is 12.6. The van der Waals surface area contributed by atoms with Crippen LogP contribution in [0.2, 0.25) is 0 Å². The Hall–Kier alpha value is -1.63. The van der Waals surface area contributed by atoms with E-state index in [1.54, 1.807) is 14.2 Å². The Labute approximate surface area is 158 Å². The van der Waals surface area contributed by atoms with Gasteiger partial charge in [-0.1, -0.05) is 31.2 Å². The van der Waals surface area contributed by atoms with E-state index in [1.165, 1.54) is 37.3 Å². The minimum absolute atomic E-state index is 0.224. The summed E-state index contributed by atoms with van der Waals surface area (Å²) < 4.78 is 5.15. The van der Waals surface area contributed by atoms with Gasteiger partial charge in [0.25, 0.3) is 0 Å². The van der Waals surface area contributed by atoms with Crippen LogP contribution in [-0.2, 0) is 17.8 Å². The number of rotatable bonds is 8. The van der Waals surface area contributed by atoms with Crippen molar-refractivity contribution in [2.45, 2.75) is 33.0 Å². The molecule has 0 saturated carbocycles. The lowest BCUT2D eigenvalue weighted by atomic mass is 10.1. The molecule has 2 N–H and O–H groups in total. The number of nitrogens with one attached hydrogen (secondary N) is 2. The van der Waals surface area contributed by atoms with Gasteiger partial charge in [0.1, 0.15) is 0 Å². The maximum absolute atomic E-state index is 5.15. The van der Waals surface area contributed by atoms with E-state index in [0.717, 1.165) is 25.6 Å². The molecule has 6 nitrogen and oxygen atoms in total. The van der Waals surface area contributed by atoms with Crippen molar-refractivity contribution in [2.75, 3.05) is 53.5 Å². The van der Waals surface area contributed by atoms with Crippen LogP contribution in [0.15, 0.2) is 29.3 Å². The van der Waals surface area contributed by atoms with Crippen LogP contribution < -0.4 is 10.6 Å². The highest BCUT2D eigenvalue weighted by Crippen LogP contribution is 2.10. The molecule has 1 aromatic rings. The van der Waals surface area contributed by atoms with Crippen molar-refractivity contribution in [1.82, 2.24) is 20.4 Å². The zero-order valence-corrected chi connectivity index (χ0v) is 16.8. The first-order valence-corrected chi connectivity index (χ1v) is 9.63. The monoisotopic (exact) mass is 361 g/mol. The Morgan fingerprint density at radius 2 is 1.73 bits per heavy atom. The largest absolute Gasteiger partial charge is 0.383 e. The number of nitrogens with zero attached hydrogens (tertiary/aromatic N) is 3. The highest BCUT2D eigenvalue weighted by atomic mass is 16.5. The van der Waals surface area contributed by atoms with Gasteiger partial charge in [-0.3, -0.25) is 9.89 Å². The Kier molecular flexibility index (Phi) is 8.88. The molecule has 1 saturated heterocycles. The Morgan fingerprint density at radius 1 is 1.12 bits per heavy atom. The molecule has 26 heavy (non-hydrogen) atoms. The fourth-order valence-electron chi connectivity index (χ4n) is 3.19. The molecule has 0 bridgehead atoms. The van der Waals surface area contributed by atoms with Gasteiger partial charge in [0.05, 0.1) is 6.61 Å². The topological polar surface area (TPSA) is 52.1 Å². The summed E-state index contributed by atoms with van der Waals surface area (Å²) >= 11 is 0. The highest BCUT2D eigenvalue weighted by Gasteiger charge is 2.15. The van der Waals surface area contributed by atoms with Crippen LogP contribution in [-0.4, -0.2) is 75.3 Å². The van der Waals surface area contributed by atoms with Gasteiger partial charge >= 0.3 is 0 Å². The summed E-state index contributed by atoms with van der Waals surface area (Å²) in [5, 5.41) is 6.67. The molecule has 1 unspecified atom stereocenters. The quantitative estimate of drug-likeness (QED) is 0.543. The lowest BCUT2D eigenvalue weighted by molar-refractivity contribution is 0.132. The predicted molar refractivity (Wildman–Crippen MR) is 109 cm³/mol. The van der Waals surface area contributed by atoms with E-state index in [4.69, 9.17) is 4.74 Å². The molecule has 1 aliphatic rings. The Bertz CT molecular complexity index is 538. The third-order valence-electron chi connectivity index (χ3n) is 4.82. The molecule has 1 aliphatic heterocycles. The van der Waals surface area contributed by atoms with E-state index in [0.29, 0.717) is 6.61 Å². The second kappa shape index (κ2) is 11.2. The second-order valence-corrected chi connectivity index (χ2v) is 6.95. The lowest BCUT2D eigenvalue weighted by Crippen LogP contribution is -2.45. The molecule has 2 rings (SSSR count). The first-order valence-electron chi connectivity index (χ1n) is 9.63. The number of hydrogen-bond acceptors (Lipinski definition) is 4. The van der Waals surface area contributed by atoms with E-state index in [1.807, 2.05) is 0 Å². The molecule has 0 aliphatic carbocycles. The molecule has 1 aromatic carbocycles. The number of benzene rings is 1. The molecule has 0 spiro atoms. The van der Waals surface area contributed by atoms with Gasteiger partial charge in [-0.2, -0.15) is 0 Å². The Morgan fingerprint density at radius 3 is 2.31 bits per heavy atom. The molecular weight excluding hydrogens is 326 g/mol. The summed E-state index contributed by atoms with van der Waals surface area (Å²) in [5.41, 5.74) is 2.64. The maximum Gasteiger partial charge on any atom is 0.191 e. The Balaban J connectivity index is 1.76. The molecule has 0 radical (unpaired) electrons. The maximum atomic E-state index is 5.15. The number of likely N-dealkylation sites (N-methyl/N-ethyl adjacent to an activating group) is 1. The van der Waals surface area contributed by atoms with Crippen molar-refractivity contribution < 1.29 is 4.74 Å². The number of hydrogen-bond donors (Lipinski definition) is 2. The summed E-state index contributed by atoms with van der Waals surface area (Å²) in [6.45, 7) is 12.6. The molecule has 1 heterocycles. The van der Waals surface area contributed by atoms with Gasteiger partial charge in [0.15, 0.2) is 5.96 Å². The van der Waals surface area contributed by atoms with E-state index in [2.05, 4.69) is 63.5 Å². The minimum Gasteiger partial charge on any atom is -0.383 e. The molecular formula is C20H35N5O. The molecule has 0 aromatic heterocycles. The zero-order chi connectivity index (χ0) is 18.8. The third kappa shape index (κ3) is 6.94. The summed E-state index contributed by atoms with van der Waals surface area (Å²) in [6.07, 6.45) is 0. The van der Waals surface area contributed by atoms with Crippen LogP contribution in [0.3, 0.4) is 0 Å². The van der Waals surface area contributed by atoms with Crippen LogP contribution in [0.1, 0.15) is 25.0 Å². The molecule has 1 atom stereocenters. The van der Waals surface area contributed by atoms with Gasteiger partial charge in [0.2, 0.25) is 0 Å². The molecule has 1 fully saturated rings. The van der Waals surface area contributed by atoms with Gasteiger partial charge < -0.3 is 20.3 Å². The van der Waals surface area contributed by atoms with Crippen molar-refractivity contribution in [3.63, 3.8) is 0 Å². The standard InChI is InChI=1S/C20H35N5O/c1-5-24-10-12-25(13-11-24)15-19-8-6-18(7-9-19)14-22-20(21-3)23-17(2)16-26-4/h6-9,17H,5,10-16H2,1-4H3,(H2,21,22,23). The van der Waals surface area contributed by atoms with Crippen molar-refractivity contribution >= 4 is 5.96 Å². The van der Waals surface area contributed by atoms with Gasteiger partial charge in [-0.25, -0.2) is 0 Å². The van der Waals surface area contributed by atoms with Crippen molar-refractivity contribution in [3.8, 4) is 0 Å². The smallest absolute Gasteiger partial charge is 0.191 e. The fraction of sp³-hybridized carbons (Fsp3) is 0.650. The van der Waals surface area contributed by atoms with Crippen molar-refractivity contribution in [2.24, 2.45) is 4.99 Å². The van der Waals surface area contributed by atoms with E-state index < -0.39 is 0 Å². The SMILES string of the molecule is CCN1CCN(Cc2ccc(CNC(=NC)NC(C)COC)cc2)CC1. The van der Waals surface area contributed by atoms with E-state index in [9.17, 15) is 0 Å². The molecule has 146 valence electrons. The third-order valence-corrected chi connectivity index (χ3v) is 4.82. The number of piperazine rings is 1. The van der Waals surface area contributed by atoms with Crippen LogP contribution >= 0.6 is 0 Å². The molecule has 0 amide bonds. The lowest BCUT2D eigenvalue weighted by Gasteiger charge is -2.34. The van der Waals surface area contributed by atoms with Crippen molar-refractivity contribution in [1.29, 1.82) is 0 Å². The van der Waals surface area contributed by atoms with Crippen LogP contribution in [0.5, 0.6) is 0 Å². The molecule has 6 heteroatoms. The zero-order valence-electron chi connectivity index (χ0n) is 16.8. The van der Waals surface area contributed by atoms with Gasteiger partial charge in [0, 0.05) is 59.5 Å². The van der Waals surface area contributed by atoms with Gasteiger partial charge in [-0.15, -0.1) is 0 Å². The van der Waals surface area contributed by atoms with E-state index >= 15 is 0 Å². The average Bonchev–Trinajstić information content (AvgIpc) is 2.67. The van der Waals surface area contributed by atoms with Crippen molar-refractivity contribution in [3.05, 3.63) is 35.4 Å². The summed E-state index contributed by atoms with van der Waals surface area (Å²) in [5.74, 6) is 0.799.